The van der Waals surface area contributed by atoms with Gasteiger partial charge >= 0.3 is 0 Å². The van der Waals surface area contributed by atoms with E-state index in [1.165, 1.54) is 169 Å². The fraction of sp³-hybridized carbons (Fsp3) is 0.344. The molecule has 3 spiro atoms. The van der Waals surface area contributed by atoms with Crippen molar-refractivity contribution in [2.24, 2.45) is 34.5 Å². The first-order valence-corrected chi connectivity index (χ1v) is 25.1. The first kappa shape index (κ1) is 32.8. The van der Waals surface area contributed by atoms with Gasteiger partial charge in [-0.25, -0.2) is 0 Å². The van der Waals surface area contributed by atoms with Crippen LogP contribution in [0.4, 0.5) is 0 Å². The van der Waals surface area contributed by atoms with E-state index in [0.717, 1.165) is 23.7 Å². The number of pyridine rings is 2. The van der Waals surface area contributed by atoms with Crippen molar-refractivity contribution in [1.82, 2.24) is 14.4 Å². The van der Waals surface area contributed by atoms with Gasteiger partial charge in [0.05, 0.1) is 34.4 Å². The number of hydrogen-bond donors (Lipinski definition) is 0. The molecule has 64 heavy (non-hydrogen) atoms. The highest BCUT2D eigenvalue weighted by atomic mass is 15.0. The fourth-order valence-electron chi connectivity index (χ4n) is 19.8. The second-order valence-electron chi connectivity index (χ2n) is 23.3. The van der Waals surface area contributed by atoms with E-state index in [-0.39, 0.29) is 5.41 Å². The molecule has 6 saturated carbocycles. The summed E-state index contributed by atoms with van der Waals surface area (Å²) in [5, 5.41) is 5.98. The smallest absolute Gasteiger partial charge is 0.0728 e. The molecule has 6 bridgehead atoms. The molecule has 4 aromatic heterocycles. The van der Waals surface area contributed by atoms with Gasteiger partial charge in [-0.1, -0.05) is 91.0 Å². The summed E-state index contributed by atoms with van der Waals surface area (Å²) >= 11 is 0. The lowest BCUT2D eigenvalue weighted by Gasteiger charge is -2.48. The van der Waals surface area contributed by atoms with Crippen LogP contribution < -0.4 is 0 Å². The molecule has 0 aliphatic heterocycles. The average molecular weight is 822 g/mol. The van der Waals surface area contributed by atoms with Crippen molar-refractivity contribution >= 4 is 38.1 Å². The SMILES string of the molecule is c1ccc2c(c1)-c1ccccc1C21c2ccccc2-c2c(-c3cc4c5c6c(ncc5n5c7cnc8c(c7c(c3)c45)C3CC4CC5CC8CC54C3)C3CC4CC5CC6CC45C3)cccc21. The lowest BCUT2D eigenvalue weighted by molar-refractivity contribution is 0.00321. The van der Waals surface area contributed by atoms with E-state index in [9.17, 15) is 0 Å². The van der Waals surface area contributed by atoms with Gasteiger partial charge in [0.1, 0.15) is 0 Å². The van der Waals surface area contributed by atoms with E-state index in [1.54, 1.807) is 11.1 Å². The third-order valence-corrected chi connectivity index (χ3v) is 21.7. The Morgan fingerprint density at radius 3 is 1.47 bits per heavy atom. The molecule has 19 rings (SSSR count). The lowest BCUT2D eigenvalue weighted by atomic mass is 9.56. The first-order valence-electron chi connectivity index (χ1n) is 25.1. The fourth-order valence-corrected chi connectivity index (χ4v) is 19.8. The van der Waals surface area contributed by atoms with Crippen molar-refractivity contribution in [3.63, 3.8) is 0 Å². The van der Waals surface area contributed by atoms with Gasteiger partial charge in [0.15, 0.2) is 0 Å². The molecule has 306 valence electrons. The van der Waals surface area contributed by atoms with Crippen molar-refractivity contribution in [2.45, 2.75) is 93.3 Å². The number of hydrogen-bond acceptors (Lipinski definition) is 2. The topological polar surface area (TPSA) is 30.2 Å². The normalized spacial score (nSPS) is 33.6. The Balaban J connectivity index is 0.953. The molecule has 6 fully saturated rings. The van der Waals surface area contributed by atoms with E-state index >= 15 is 0 Å². The van der Waals surface area contributed by atoms with Crippen LogP contribution in [0.3, 0.4) is 0 Å². The molecule has 5 aromatic carbocycles. The molecule has 10 unspecified atom stereocenters. The summed E-state index contributed by atoms with van der Waals surface area (Å²) in [5.41, 5.74) is 25.1. The molecule has 10 aliphatic rings. The Kier molecular flexibility index (Phi) is 5.22. The average Bonchev–Trinajstić information content (AvgIpc) is 4.19. The third kappa shape index (κ3) is 3.20. The zero-order chi connectivity index (χ0) is 40.7. The second-order valence-corrected chi connectivity index (χ2v) is 23.3. The Hall–Kier alpha value is -5.80. The van der Waals surface area contributed by atoms with Gasteiger partial charge in [-0.2, -0.15) is 0 Å². The number of benzene rings is 5. The number of aromatic nitrogens is 3. The number of rotatable bonds is 1. The molecular formula is C61H47N3. The molecule has 4 heterocycles. The minimum absolute atomic E-state index is 0.360. The summed E-state index contributed by atoms with van der Waals surface area (Å²) in [6.07, 6.45) is 18.6. The summed E-state index contributed by atoms with van der Waals surface area (Å²) in [6.45, 7) is 0. The Labute approximate surface area is 372 Å². The van der Waals surface area contributed by atoms with Crippen LogP contribution in [0.5, 0.6) is 0 Å². The van der Waals surface area contributed by atoms with E-state index in [0.29, 0.717) is 34.5 Å². The predicted octanol–water partition coefficient (Wildman–Crippen LogP) is 14.4. The van der Waals surface area contributed by atoms with Crippen LogP contribution in [0.1, 0.15) is 133 Å². The maximum atomic E-state index is 5.63. The number of fused-ring (bicyclic) bond motifs is 28. The van der Waals surface area contributed by atoms with E-state index in [2.05, 4.69) is 120 Å². The predicted molar refractivity (Wildman–Crippen MR) is 254 cm³/mol. The lowest BCUT2D eigenvalue weighted by Crippen LogP contribution is -2.41. The highest BCUT2D eigenvalue weighted by Crippen LogP contribution is 2.78. The van der Waals surface area contributed by atoms with Crippen molar-refractivity contribution in [1.29, 1.82) is 0 Å². The molecule has 0 N–H and O–H groups in total. The molecule has 3 heteroatoms. The van der Waals surface area contributed by atoms with Crippen LogP contribution in [0, 0.1) is 34.5 Å². The molecule has 10 aliphatic carbocycles. The van der Waals surface area contributed by atoms with Gasteiger partial charge in [0.2, 0.25) is 0 Å². The molecule has 0 amide bonds. The molecule has 0 saturated heterocycles. The summed E-state index contributed by atoms with van der Waals surface area (Å²) in [6, 6.07) is 40.6. The standard InChI is InChI=1S/C61H47N3/c1-4-12-45-40(8-1)41-9-2-5-13-46(41)61(45)47-14-6-3-10-42(47)53-39(11-7-15-48(53)61)30-20-43-54-49(28-62-56-33-18-37-22-35-16-31(51(54)56)24-59(35,37)26-33)64-50-29-63-57-34-19-38-23-36-17-32(25-60(36,38)27-34)52(57)55(50)44(21-30)58(43)64/h1-15,20-21,28-29,31-38H,16-19,22-27H2. The number of nitrogens with zero attached hydrogens (tertiary/aromatic N) is 3. The van der Waals surface area contributed by atoms with Gasteiger partial charge in [-0.3, -0.25) is 9.97 Å². The zero-order valence-electron chi connectivity index (χ0n) is 36.0. The first-order chi connectivity index (χ1) is 31.6. The molecule has 9 aromatic rings. The van der Waals surface area contributed by atoms with Gasteiger partial charge in [-0.05, 0) is 189 Å². The molecule has 0 radical (unpaired) electrons. The van der Waals surface area contributed by atoms with Gasteiger partial charge in [0.25, 0.3) is 0 Å². The molecule has 3 nitrogen and oxygen atoms in total. The molecule has 10 atom stereocenters. The van der Waals surface area contributed by atoms with Crippen LogP contribution >= 0.6 is 0 Å². The van der Waals surface area contributed by atoms with Crippen LogP contribution in [-0.4, -0.2) is 14.4 Å². The van der Waals surface area contributed by atoms with Crippen molar-refractivity contribution < 1.29 is 0 Å². The van der Waals surface area contributed by atoms with Gasteiger partial charge in [-0.15, -0.1) is 0 Å². The monoisotopic (exact) mass is 821 g/mol. The highest BCUT2D eigenvalue weighted by molar-refractivity contribution is 6.26. The molecular weight excluding hydrogens is 775 g/mol. The largest absolute Gasteiger partial charge is 0.305 e. The summed E-state index contributed by atoms with van der Waals surface area (Å²) in [5.74, 6) is 6.19. The minimum atomic E-state index is -0.360. The Morgan fingerprint density at radius 1 is 0.453 bits per heavy atom. The summed E-state index contributed by atoms with van der Waals surface area (Å²) in [4.78, 5) is 11.3. The maximum Gasteiger partial charge on any atom is 0.0728 e. The summed E-state index contributed by atoms with van der Waals surface area (Å²) < 4.78 is 2.69. The zero-order valence-corrected chi connectivity index (χ0v) is 36.0. The van der Waals surface area contributed by atoms with Crippen molar-refractivity contribution in [3.05, 3.63) is 160 Å². The van der Waals surface area contributed by atoms with Crippen molar-refractivity contribution in [3.8, 4) is 33.4 Å². The van der Waals surface area contributed by atoms with Gasteiger partial charge < -0.3 is 4.40 Å². The third-order valence-electron chi connectivity index (χ3n) is 21.7. The van der Waals surface area contributed by atoms with E-state index in [4.69, 9.17) is 9.97 Å². The van der Waals surface area contributed by atoms with Crippen LogP contribution in [-0.2, 0) is 5.41 Å². The van der Waals surface area contributed by atoms with Crippen LogP contribution in [0.15, 0.2) is 116 Å². The summed E-state index contributed by atoms with van der Waals surface area (Å²) in [7, 11) is 0. The highest BCUT2D eigenvalue weighted by Gasteiger charge is 2.67. The van der Waals surface area contributed by atoms with Crippen LogP contribution in [0.2, 0.25) is 0 Å². The quantitative estimate of drug-likeness (QED) is 0.165. The van der Waals surface area contributed by atoms with Crippen molar-refractivity contribution in [2.75, 3.05) is 0 Å². The maximum absolute atomic E-state index is 5.63. The Bertz CT molecular complexity index is 3550. The Morgan fingerprint density at radius 2 is 0.906 bits per heavy atom. The van der Waals surface area contributed by atoms with E-state index in [1.807, 2.05) is 0 Å². The van der Waals surface area contributed by atoms with Gasteiger partial charge in [0, 0.05) is 44.8 Å². The minimum Gasteiger partial charge on any atom is -0.305 e. The second kappa shape index (κ2) is 10.2. The van der Waals surface area contributed by atoms with E-state index < -0.39 is 0 Å². The van der Waals surface area contributed by atoms with Crippen LogP contribution in [0.25, 0.3) is 71.5 Å².